The maximum Gasteiger partial charge on any atom is 0.0882 e. The minimum Gasteiger partial charge on any atom is -0.397 e. The Hall–Kier alpha value is -1.51. The van der Waals surface area contributed by atoms with Crippen molar-refractivity contribution in [3.05, 3.63) is 23.9 Å². The summed E-state index contributed by atoms with van der Waals surface area (Å²) >= 11 is 0. The number of hydrogen-bond acceptors (Lipinski definition) is 2. The van der Waals surface area contributed by atoms with E-state index in [0.717, 1.165) is 29.4 Å². The highest BCUT2D eigenvalue weighted by Gasteiger charge is 2.04. The molecule has 0 radical (unpaired) electrons. The summed E-state index contributed by atoms with van der Waals surface area (Å²) < 4.78 is 0. The van der Waals surface area contributed by atoms with Crippen molar-refractivity contribution in [2.24, 2.45) is 0 Å². The molecule has 0 bridgehead atoms. The highest BCUT2D eigenvalue weighted by atomic mass is 15.1. The fourth-order valence-electron chi connectivity index (χ4n) is 1.57. The van der Waals surface area contributed by atoms with Crippen LogP contribution in [0.25, 0.3) is 10.9 Å². The third kappa shape index (κ3) is 1.26. The van der Waals surface area contributed by atoms with Crippen LogP contribution < -0.4 is 5.73 Å². The van der Waals surface area contributed by atoms with Crippen molar-refractivity contribution in [1.82, 2.24) is 10.2 Å². The van der Waals surface area contributed by atoms with E-state index in [1.165, 1.54) is 5.56 Å². The summed E-state index contributed by atoms with van der Waals surface area (Å²) in [5.41, 5.74) is 8.99. The SMILES string of the molecule is CCCc1ccc2cn[nH]c2c1N. The lowest BCUT2D eigenvalue weighted by Gasteiger charge is -2.03. The van der Waals surface area contributed by atoms with Crippen molar-refractivity contribution < 1.29 is 0 Å². The lowest BCUT2D eigenvalue weighted by Crippen LogP contribution is -1.94. The molecule has 0 atom stereocenters. The van der Waals surface area contributed by atoms with E-state index in [4.69, 9.17) is 5.73 Å². The molecule has 1 aromatic carbocycles. The van der Waals surface area contributed by atoms with E-state index in [9.17, 15) is 0 Å². The first-order chi connectivity index (χ1) is 6.33. The van der Waals surface area contributed by atoms with Gasteiger partial charge in [0.1, 0.15) is 0 Å². The van der Waals surface area contributed by atoms with Crippen molar-refractivity contribution in [3.63, 3.8) is 0 Å². The molecule has 0 aliphatic rings. The number of nitrogen functional groups attached to an aromatic ring is 1. The number of anilines is 1. The number of rotatable bonds is 2. The van der Waals surface area contributed by atoms with Crippen LogP contribution in [-0.4, -0.2) is 10.2 Å². The van der Waals surface area contributed by atoms with Gasteiger partial charge in [0.15, 0.2) is 0 Å². The number of aromatic amines is 1. The summed E-state index contributed by atoms with van der Waals surface area (Å²) in [6.07, 6.45) is 3.94. The molecule has 0 spiro atoms. The molecule has 0 unspecified atom stereocenters. The summed E-state index contributed by atoms with van der Waals surface area (Å²) in [6, 6.07) is 4.14. The van der Waals surface area contributed by atoms with Gasteiger partial charge in [0.25, 0.3) is 0 Å². The van der Waals surface area contributed by atoms with E-state index in [0.29, 0.717) is 0 Å². The van der Waals surface area contributed by atoms with Crippen LogP contribution in [0.15, 0.2) is 18.3 Å². The molecular weight excluding hydrogens is 162 g/mol. The zero-order valence-corrected chi connectivity index (χ0v) is 7.67. The van der Waals surface area contributed by atoms with Crippen LogP contribution in [0.3, 0.4) is 0 Å². The molecule has 3 heteroatoms. The molecule has 2 rings (SSSR count). The second kappa shape index (κ2) is 3.09. The molecule has 0 aliphatic carbocycles. The van der Waals surface area contributed by atoms with E-state index in [1.807, 2.05) is 0 Å². The predicted molar refractivity (Wildman–Crippen MR) is 54.5 cm³/mol. The molecule has 0 amide bonds. The Morgan fingerprint density at radius 3 is 3.08 bits per heavy atom. The first kappa shape index (κ1) is 8.10. The van der Waals surface area contributed by atoms with E-state index >= 15 is 0 Å². The molecule has 3 N–H and O–H groups in total. The number of benzene rings is 1. The van der Waals surface area contributed by atoms with Gasteiger partial charge < -0.3 is 5.73 Å². The summed E-state index contributed by atoms with van der Waals surface area (Å²) in [4.78, 5) is 0. The first-order valence-corrected chi connectivity index (χ1v) is 4.53. The van der Waals surface area contributed by atoms with Gasteiger partial charge in [-0.3, -0.25) is 5.10 Å². The van der Waals surface area contributed by atoms with Gasteiger partial charge in [-0.1, -0.05) is 25.5 Å². The number of nitrogens with one attached hydrogen (secondary N) is 1. The second-order valence-corrected chi connectivity index (χ2v) is 3.22. The standard InChI is InChI=1S/C10H13N3/c1-2-3-7-4-5-8-6-12-13-10(8)9(7)11/h4-6H,2-3,11H2,1H3,(H,12,13). The lowest BCUT2D eigenvalue weighted by molar-refractivity contribution is 0.925. The highest BCUT2D eigenvalue weighted by Crippen LogP contribution is 2.23. The fraction of sp³-hybridized carbons (Fsp3) is 0.300. The third-order valence-corrected chi connectivity index (χ3v) is 2.27. The Balaban J connectivity index is 2.59. The monoisotopic (exact) mass is 175 g/mol. The van der Waals surface area contributed by atoms with Crippen LogP contribution in [0.4, 0.5) is 5.69 Å². The van der Waals surface area contributed by atoms with Gasteiger partial charge in [0.2, 0.25) is 0 Å². The van der Waals surface area contributed by atoms with Gasteiger partial charge in [-0.15, -0.1) is 0 Å². The van der Waals surface area contributed by atoms with E-state index < -0.39 is 0 Å². The van der Waals surface area contributed by atoms with E-state index in [1.54, 1.807) is 6.20 Å². The average Bonchev–Trinajstić information content (AvgIpc) is 2.58. The van der Waals surface area contributed by atoms with E-state index in [-0.39, 0.29) is 0 Å². The minimum absolute atomic E-state index is 0.844. The second-order valence-electron chi connectivity index (χ2n) is 3.22. The van der Waals surface area contributed by atoms with Gasteiger partial charge in [0, 0.05) is 5.39 Å². The number of nitrogens with two attached hydrogens (primary N) is 1. The molecule has 13 heavy (non-hydrogen) atoms. The Bertz CT molecular complexity index is 417. The van der Waals surface area contributed by atoms with Crippen LogP contribution in [0, 0.1) is 0 Å². The van der Waals surface area contributed by atoms with Gasteiger partial charge in [-0.25, -0.2) is 0 Å². The normalized spacial score (nSPS) is 10.8. The number of nitrogens with zero attached hydrogens (tertiary/aromatic N) is 1. The maximum atomic E-state index is 5.98. The van der Waals surface area contributed by atoms with Gasteiger partial charge in [-0.2, -0.15) is 5.10 Å². The van der Waals surface area contributed by atoms with E-state index in [2.05, 4.69) is 29.3 Å². The molecule has 0 aliphatic heterocycles. The molecule has 68 valence electrons. The van der Waals surface area contributed by atoms with Crippen molar-refractivity contribution in [3.8, 4) is 0 Å². The van der Waals surface area contributed by atoms with Crippen molar-refractivity contribution in [1.29, 1.82) is 0 Å². The van der Waals surface area contributed by atoms with Crippen LogP contribution in [0.2, 0.25) is 0 Å². The highest BCUT2D eigenvalue weighted by molar-refractivity contribution is 5.90. The Kier molecular flexibility index (Phi) is 1.93. The Morgan fingerprint density at radius 2 is 2.31 bits per heavy atom. The molecular formula is C10H13N3. The molecule has 2 aromatic rings. The fourth-order valence-corrected chi connectivity index (χ4v) is 1.57. The number of aromatic nitrogens is 2. The Labute approximate surface area is 76.9 Å². The predicted octanol–water partition coefficient (Wildman–Crippen LogP) is 2.10. The van der Waals surface area contributed by atoms with Gasteiger partial charge >= 0.3 is 0 Å². The topological polar surface area (TPSA) is 54.7 Å². The largest absolute Gasteiger partial charge is 0.397 e. The van der Waals surface area contributed by atoms with Crippen molar-refractivity contribution in [2.75, 3.05) is 5.73 Å². The lowest BCUT2D eigenvalue weighted by atomic mass is 10.1. The molecule has 0 fully saturated rings. The van der Waals surface area contributed by atoms with Crippen LogP contribution >= 0.6 is 0 Å². The van der Waals surface area contributed by atoms with Gasteiger partial charge in [-0.05, 0) is 12.0 Å². The molecule has 0 saturated carbocycles. The van der Waals surface area contributed by atoms with Crippen molar-refractivity contribution >= 4 is 16.6 Å². The number of H-pyrrole nitrogens is 1. The molecule has 0 saturated heterocycles. The Morgan fingerprint density at radius 1 is 1.46 bits per heavy atom. The number of hydrogen-bond donors (Lipinski definition) is 2. The molecule has 1 heterocycles. The number of aryl methyl sites for hydroxylation is 1. The smallest absolute Gasteiger partial charge is 0.0882 e. The maximum absolute atomic E-state index is 5.98. The van der Waals surface area contributed by atoms with Crippen LogP contribution in [0.5, 0.6) is 0 Å². The minimum atomic E-state index is 0.844. The zero-order valence-electron chi connectivity index (χ0n) is 7.67. The van der Waals surface area contributed by atoms with Crippen molar-refractivity contribution in [2.45, 2.75) is 19.8 Å². The quantitative estimate of drug-likeness (QED) is 0.687. The summed E-state index contributed by atoms with van der Waals surface area (Å²) in [5.74, 6) is 0. The third-order valence-electron chi connectivity index (χ3n) is 2.27. The van der Waals surface area contributed by atoms with Crippen LogP contribution in [0.1, 0.15) is 18.9 Å². The molecule has 3 nitrogen and oxygen atoms in total. The van der Waals surface area contributed by atoms with Crippen LogP contribution in [-0.2, 0) is 6.42 Å². The van der Waals surface area contributed by atoms with Gasteiger partial charge in [0.05, 0.1) is 17.4 Å². The summed E-state index contributed by atoms with van der Waals surface area (Å²) in [7, 11) is 0. The molecule has 1 aromatic heterocycles. The summed E-state index contributed by atoms with van der Waals surface area (Å²) in [6.45, 7) is 2.15. The zero-order chi connectivity index (χ0) is 9.26. The first-order valence-electron chi connectivity index (χ1n) is 4.53. The average molecular weight is 175 g/mol. The number of fused-ring (bicyclic) bond motifs is 1. The summed E-state index contributed by atoms with van der Waals surface area (Å²) in [5, 5.41) is 7.95.